The summed E-state index contributed by atoms with van der Waals surface area (Å²) >= 11 is 0. The van der Waals surface area contributed by atoms with Crippen molar-refractivity contribution in [1.29, 1.82) is 0 Å². The summed E-state index contributed by atoms with van der Waals surface area (Å²) in [5, 5.41) is 3.93. The van der Waals surface area contributed by atoms with E-state index < -0.39 is 29.0 Å². The molecule has 2 heterocycles. The van der Waals surface area contributed by atoms with Gasteiger partial charge in [-0.1, -0.05) is 12.1 Å². The smallest absolute Gasteiger partial charge is 0.350 e. The van der Waals surface area contributed by atoms with Gasteiger partial charge in [0.05, 0.1) is 24.5 Å². The predicted molar refractivity (Wildman–Crippen MR) is 113 cm³/mol. The molecule has 0 spiro atoms. The lowest BCUT2D eigenvalue weighted by Crippen LogP contribution is -2.25. The Kier molecular flexibility index (Phi) is 5.62. The second-order valence-corrected chi connectivity index (χ2v) is 7.47. The largest absolute Gasteiger partial charge is 0.364 e. The van der Waals surface area contributed by atoms with E-state index in [4.69, 9.17) is 5.73 Å². The quantitative estimate of drug-likeness (QED) is 0.482. The van der Waals surface area contributed by atoms with E-state index in [1.54, 1.807) is 13.8 Å². The molecule has 2 aromatic heterocycles. The maximum absolute atomic E-state index is 14.9. The summed E-state index contributed by atoms with van der Waals surface area (Å²) in [6.07, 6.45) is 1.12. The third-order valence-electron chi connectivity index (χ3n) is 5.30. The number of aryl methyl sites for hydroxylation is 2. The van der Waals surface area contributed by atoms with Gasteiger partial charge in [0.15, 0.2) is 0 Å². The van der Waals surface area contributed by atoms with E-state index in [-0.39, 0.29) is 35.6 Å². The van der Waals surface area contributed by atoms with E-state index in [0.717, 1.165) is 33.8 Å². The van der Waals surface area contributed by atoms with Crippen molar-refractivity contribution in [3.63, 3.8) is 0 Å². The van der Waals surface area contributed by atoms with Gasteiger partial charge in [-0.3, -0.25) is 9.36 Å². The van der Waals surface area contributed by atoms with Gasteiger partial charge in [0, 0.05) is 17.2 Å². The van der Waals surface area contributed by atoms with Crippen LogP contribution in [0, 0.1) is 31.3 Å². The van der Waals surface area contributed by atoms with Crippen LogP contribution in [0.3, 0.4) is 0 Å². The number of carbonyl (C=O) groups is 1. The van der Waals surface area contributed by atoms with Crippen LogP contribution >= 0.6 is 0 Å². The molecule has 0 bridgehead atoms. The van der Waals surface area contributed by atoms with Gasteiger partial charge in [-0.15, -0.1) is 0 Å². The number of rotatable bonds is 6. The fourth-order valence-corrected chi connectivity index (χ4v) is 3.66. The summed E-state index contributed by atoms with van der Waals surface area (Å²) in [4.78, 5) is 28.7. The monoisotopic (exact) mass is 456 g/mol. The summed E-state index contributed by atoms with van der Waals surface area (Å²) in [6.45, 7) is 2.95. The molecule has 170 valence electrons. The van der Waals surface area contributed by atoms with Crippen LogP contribution in [0.2, 0.25) is 0 Å². The Hall–Kier alpha value is -4.15. The molecule has 0 saturated heterocycles. The third-order valence-corrected chi connectivity index (χ3v) is 5.30. The molecule has 2 N–H and O–H groups in total. The molecule has 0 aliphatic carbocycles. The van der Waals surface area contributed by atoms with E-state index >= 15 is 0 Å². The van der Waals surface area contributed by atoms with Crippen LogP contribution in [-0.2, 0) is 13.1 Å². The number of aromatic nitrogens is 5. The number of amides is 1. The standard InChI is InChI=1S/C22H19F3N6O2/c1-12-20(21(26)32)30(13(2)28-12)9-14-6-7-15(8-19(14)25)31-22(33)29(11-27-31)10-16-17(23)4-3-5-18(16)24/h3-8,11H,9-10H2,1-2H3,(H2,26,32). The van der Waals surface area contributed by atoms with Gasteiger partial charge in [0.25, 0.3) is 5.91 Å². The number of primary amides is 1. The molecule has 2 aromatic carbocycles. The number of carbonyl (C=O) groups excluding carboxylic acids is 1. The average Bonchev–Trinajstić information content (AvgIpc) is 3.25. The molecule has 0 atom stereocenters. The molecule has 4 aromatic rings. The summed E-state index contributed by atoms with van der Waals surface area (Å²) in [7, 11) is 0. The molecular formula is C22H19F3N6O2. The van der Waals surface area contributed by atoms with E-state index in [2.05, 4.69) is 10.1 Å². The first kappa shape index (κ1) is 22.1. The Labute approximate surface area is 185 Å². The highest BCUT2D eigenvalue weighted by atomic mass is 19.1. The average molecular weight is 456 g/mol. The molecule has 4 rings (SSSR count). The lowest BCUT2D eigenvalue weighted by molar-refractivity contribution is 0.0991. The number of imidazole rings is 1. The molecule has 0 aliphatic heterocycles. The summed E-state index contributed by atoms with van der Waals surface area (Å²) in [5.41, 5.74) is 5.45. The van der Waals surface area contributed by atoms with Crippen molar-refractivity contribution in [3.05, 3.63) is 99.0 Å². The van der Waals surface area contributed by atoms with Gasteiger partial charge < -0.3 is 10.3 Å². The molecular weight excluding hydrogens is 437 g/mol. The first-order valence-electron chi connectivity index (χ1n) is 9.87. The molecule has 1 amide bonds. The Morgan fingerprint density at radius 3 is 2.36 bits per heavy atom. The molecule has 11 heteroatoms. The summed E-state index contributed by atoms with van der Waals surface area (Å²) < 4.78 is 46.2. The Bertz CT molecular complexity index is 1420. The summed E-state index contributed by atoms with van der Waals surface area (Å²) in [5.74, 6) is -2.39. The molecule has 0 radical (unpaired) electrons. The lowest BCUT2D eigenvalue weighted by atomic mass is 10.1. The fourth-order valence-electron chi connectivity index (χ4n) is 3.66. The number of hydrogen-bond acceptors (Lipinski definition) is 4. The van der Waals surface area contributed by atoms with Crippen LogP contribution in [-0.4, -0.2) is 29.8 Å². The van der Waals surface area contributed by atoms with Crippen molar-refractivity contribution in [2.75, 3.05) is 0 Å². The minimum atomic E-state index is -0.787. The maximum atomic E-state index is 14.9. The van der Waals surface area contributed by atoms with Crippen molar-refractivity contribution >= 4 is 5.91 Å². The van der Waals surface area contributed by atoms with Crippen molar-refractivity contribution in [3.8, 4) is 5.69 Å². The molecule has 33 heavy (non-hydrogen) atoms. The van der Waals surface area contributed by atoms with Gasteiger partial charge in [-0.25, -0.2) is 22.9 Å². The Balaban J connectivity index is 1.64. The predicted octanol–water partition coefficient (Wildman–Crippen LogP) is 2.46. The van der Waals surface area contributed by atoms with Gasteiger partial charge in [-0.05, 0) is 32.0 Å². The molecule has 0 aliphatic rings. The normalized spacial score (nSPS) is 11.2. The van der Waals surface area contributed by atoms with E-state index in [0.29, 0.717) is 11.5 Å². The SMILES string of the molecule is Cc1nc(C)n(Cc2ccc(-n3ncn(Cc4c(F)cccc4F)c3=O)cc2F)c1C(N)=O. The highest BCUT2D eigenvalue weighted by molar-refractivity contribution is 5.92. The molecule has 0 fully saturated rings. The minimum absolute atomic E-state index is 0.00690. The van der Waals surface area contributed by atoms with Crippen LogP contribution in [0.5, 0.6) is 0 Å². The van der Waals surface area contributed by atoms with Gasteiger partial charge in [0.2, 0.25) is 0 Å². The lowest BCUT2D eigenvalue weighted by Gasteiger charge is -2.11. The molecule has 0 unspecified atom stereocenters. The Morgan fingerprint density at radius 1 is 1.03 bits per heavy atom. The fraction of sp³-hybridized carbons (Fsp3) is 0.182. The van der Waals surface area contributed by atoms with E-state index in [1.165, 1.54) is 22.8 Å². The van der Waals surface area contributed by atoms with E-state index in [1.807, 2.05) is 0 Å². The van der Waals surface area contributed by atoms with Crippen molar-refractivity contribution in [2.24, 2.45) is 5.73 Å². The summed E-state index contributed by atoms with van der Waals surface area (Å²) in [6, 6.07) is 7.45. The van der Waals surface area contributed by atoms with Gasteiger partial charge in [0.1, 0.15) is 35.3 Å². The van der Waals surface area contributed by atoms with Crippen molar-refractivity contribution in [2.45, 2.75) is 26.9 Å². The van der Waals surface area contributed by atoms with Crippen LogP contribution in [0.15, 0.2) is 47.5 Å². The van der Waals surface area contributed by atoms with Crippen LogP contribution in [0.1, 0.15) is 33.1 Å². The highest BCUT2D eigenvalue weighted by Gasteiger charge is 2.19. The number of nitrogens with two attached hydrogens (primary N) is 1. The zero-order valence-corrected chi connectivity index (χ0v) is 17.7. The molecule has 8 nitrogen and oxygen atoms in total. The number of nitrogens with zero attached hydrogens (tertiary/aromatic N) is 5. The first-order chi connectivity index (χ1) is 15.7. The maximum Gasteiger partial charge on any atom is 0.350 e. The number of halogens is 3. The number of benzene rings is 2. The van der Waals surface area contributed by atoms with Crippen LogP contribution in [0.4, 0.5) is 13.2 Å². The van der Waals surface area contributed by atoms with Crippen LogP contribution in [0.25, 0.3) is 5.69 Å². The first-order valence-corrected chi connectivity index (χ1v) is 9.87. The topological polar surface area (TPSA) is 101 Å². The van der Waals surface area contributed by atoms with Gasteiger partial charge >= 0.3 is 5.69 Å². The second-order valence-electron chi connectivity index (χ2n) is 7.47. The highest BCUT2D eigenvalue weighted by Crippen LogP contribution is 2.18. The Morgan fingerprint density at radius 2 is 1.73 bits per heavy atom. The third kappa shape index (κ3) is 4.04. The van der Waals surface area contributed by atoms with Crippen LogP contribution < -0.4 is 11.4 Å². The van der Waals surface area contributed by atoms with Crippen molar-refractivity contribution in [1.82, 2.24) is 23.9 Å². The number of hydrogen-bond donors (Lipinski definition) is 1. The van der Waals surface area contributed by atoms with Gasteiger partial charge in [-0.2, -0.15) is 9.78 Å². The molecule has 0 saturated carbocycles. The second kappa shape index (κ2) is 8.41. The zero-order valence-electron chi connectivity index (χ0n) is 17.7. The van der Waals surface area contributed by atoms with E-state index in [9.17, 15) is 22.8 Å². The minimum Gasteiger partial charge on any atom is -0.364 e. The zero-order chi connectivity index (χ0) is 23.9. The van der Waals surface area contributed by atoms with Crippen molar-refractivity contribution < 1.29 is 18.0 Å².